The number of hydrogen-bond donors (Lipinski definition) is 1. The molecule has 3 aromatic rings. The molecule has 0 aliphatic carbocycles. The number of furan rings is 1. The fraction of sp³-hybridized carbons (Fsp3) is 0.0455. The molecule has 1 N–H and O–H groups in total. The van der Waals surface area contributed by atoms with Gasteiger partial charge < -0.3 is 9.73 Å². The molecule has 1 aromatic heterocycles. The molecule has 1 aliphatic rings. The molecule has 8 heteroatoms. The first-order chi connectivity index (χ1) is 14.5. The van der Waals surface area contributed by atoms with E-state index in [0.29, 0.717) is 17.2 Å². The minimum Gasteiger partial charge on any atom is -0.457 e. The van der Waals surface area contributed by atoms with Crippen molar-refractivity contribution in [3.05, 3.63) is 81.9 Å². The summed E-state index contributed by atoms with van der Waals surface area (Å²) in [6.07, 6.45) is 1.52. The van der Waals surface area contributed by atoms with Gasteiger partial charge in [-0.05, 0) is 48.2 Å². The topological polar surface area (TPSA) is 79.6 Å². The van der Waals surface area contributed by atoms with Crippen molar-refractivity contribution in [3.8, 4) is 11.3 Å². The summed E-state index contributed by atoms with van der Waals surface area (Å²) in [6.45, 7) is -0.356. The number of carbonyl (C=O) groups excluding carboxylic acids is 3. The molecule has 2 aromatic carbocycles. The van der Waals surface area contributed by atoms with Crippen molar-refractivity contribution in [2.24, 2.45) is 0 Å². The van der Waals surface area contributed by atoms with Crippen molar-refractivity contribution in [3.63, 3.8) is 0 Å². The molecule has 0 radical (unpaired) electrons. The molecule has 1 aliphatic heterocycles. The van der Waals surface area contributed by atoms with Crippen LogP contribution in [-0.2, 0) is 9.59 Å². The van der Waals surface area contributed by atoms with E-state index in [2.05, 4.69) is 21.2 Å². The second kappa shape index (κ2) is 8.73. The standard InChI is InChI=1S/C22H15BrN2O4S/c23-15-6-8-16(9-7-15)24-20(26)13-25-21(27)19(30-22(25)28)12-17-10-11-18(29-17)14-4-2-1-3-5-14/h1-12H,13H2,(H,24,26)/b19-12-. The number of nitrogens with one attached hydrogen (secondary N) is 1. The lowest BCUT2D eigenvalue weighted by atomic mass is 10.2. The van der Waals surface area contributed by atoms with Gasteiger partial charge in [-0.1, -0.05) is 46.3 Å². The quantitative estimate of drug-likeness (QED) is 0.493. The summed E-state index contributed by atoms with van der Waals surface area (Å²) in [6, 6.07) is 20.1. The first-order valence-electron chi connectivity index (χ1n) is 8.95. The molecule has 1 saturated heterocycles. The Labute approximate surface area is 185 Å². The number of anilines is 1. The first-order valence-corrected chi connectivity index (χ1v) is 10.6. The predicted molar refractivity (Wildman–Crippen MR) is 120 cm³/mol. The summed E-state index contributed by atoms with van der Waals surface area (Å²) in [5, 5.41) is 2.18. The highest BCUT2D eigenvalue weighted by Crippen LogP contribution is 2.33. The maximum Gasteiger partial charge on any atom is 0.294 e. The average molecular weight is 483 g/mol. The van der Waals surface area contributed by atoms with E-state index in [9.17, 15) is 14.4 Å². The summed E-state index contributed by atoms with van der Waals surface area (Å²) in [7, 11) is 0. The third-order valence-electron chi connectivity index (χ3n) is 4.26. The molecule has 0 unspecified atom stereocenters. The molecule has 3 amide bonds. The predicted octanol–water partition coefficient (Wildman–Crippen LogP) is 5.38. The van der Waals surface area contributed by atoms with Crippen LogP contribution in [0.3, 0.4) is 0 Å². The highest BCUT2D eigenvalue weighted by atomic mass is 79.9. The van der Waals surface area contributed by atoms with Crippen molar-refractivity contribution in [2.45, 2.75) is 0 Å². The smallest absolute Gasteiger partial charge is 0.294 e. The van der Waals surface area contributed by atoms with Gasteiger partial charge >= 0.3 is 0 Å². The van der Waals surface area contributed by atoms with E-state index in [1.807, 2.05) is 30.3 Å². The van der Waals surface area contributed by atoms with Crippen LogP contribution in [0.2, 0.25) is 0 Å². The summed E-state index contributed by atoms with van der Waals surface area (Å²) in [5.74, 6) is 0.146. The van der Waals surface area contributed by atoms with Crippen LogP contribution in [0.15, 0.2) is 80.5 Å². The fourth-order valence-electron chi connectivity index (χ4n) is 2.83. The number of carbonyl (C=O) groups is 3. The van der Waals surface area contributed by atoms with Gasteiger partial charge in [-0.3, -0.25) is 19.3 Å². The van der Waals surface area contributed by atoms with Crippen LogP contribution in [0.4, 0.5) is 10.5 Å². The highest BCUT2D eigenvalue weighted by Gasteiger charge is 2.36. The number of halogens is 1. The van der Waals surface area contributed by atoms with Crippen molar-refractivity contribution in [1.82, 2.24) is 4.90 Å². The Balaban J connectivity index is 1.44. The number of hydrogen-bond acceptors (Lipinski definition) is 5. The second-order valence-corrected chi connectivity index (χ2v) is 8.30. The van der Waals surface area contributed by atoms with E-state index in [1.54, 1.807) is 36.4 Å². The zero-order valence-corrected chi connectivity index (χ0v) is 17.9. The first kappa shape index (κ1) is 20.2. The van der Waals surface area contributed by atoms with Crippen molar-refractivity contribution < 1.29 is 18.8 Å². The van der Waals surface area contributed by atoms with Crippen LogP contribution >= 0.6 is 27.7 Å². The zero-order chi connectivity index (χ0) is 21.1. The van der Waals surface area contributed by atoms with Crippen molar-refractivity contribution >= 4 is 56.5 Å². The van der Waals surface area contributed by atoms with E-state index >= 15 is 0 Å². The van der Waals surface area contributed by atoms with Gasteiger partial charge in [0.15, 0.2) is 0 Å². The van der Waals surface area contributed by atoms with Crippen LogP contribution in [0, 0.1) is 0 Å². The largest absolute Gasteiger partial charge is 0.457 e. The van der Waals surface area contributed by atoms with Gasteiger partial charge in [0.2, 0.25) is 5.91 Å². The Bertz CT molecular complexity index is 1140. The van der Waals surface area contributed by atoms with Gasteiger partial charge in [-0.2, -0.15) is 0 Å². The fourth-order valence-corrected chi connectivity index (χ4v) is 3.91. The van der Waals surface area contributed by atoms with Gasteiger partial charge in [-0.25, -0.2) is 0 Å². The van der Waals surface area contributed by atoms with Crippen LogP contribution in [0.1, 0.15) is 5.76 Å². The third kappa shape index (κ3) is 4.55. The Kier molecular flexibility index (Phi) is 5.87. The SMILES string of the molecule is O=C(CN1C(=O)S/C(=C\c2ccc(-c3ccccc3)o2)C1=O)Nc1ccc(Br)cc1. The summed E-state index contributed by atoms with van der Waals surface area (Å²) >= 11 is 4.10. The van der Waals surface area contributed by atoms with Gasteiger partial charge in [-0.15, -0.1) is 0 Å². The van der Waals surface area contributed by atoms with Crippen molar-refractivity contribution in [1.29, 1.82) is 0 Å². The Morgan fingerprint density at radius 1 is 1.03 bits per heavy atom. The second-order valence-electron chi connectivity index (χ2n) is 6.39. The molecule has 150 valence electrons. The number of rotatable bonds is 5. The molecule has 6 nitrogen and oxygen atoms in total. The van der Waals surface area contributed by atoms with E-state index in [1.165, 1.54) is 6.08 Å². The van der Waals surface area contributed by atoms with E-state index in [-0.39, 0.29) is 11.4 Å². The molecule has 30 heavy (non-hydrogen) atoms. The van der Waals surface area contributed by atoms with E-state index in [4.69, 9.17) is 4.42 Å². The normalized spacial score (nSPS) is 15.1. The van der Waals surface area contributed by atoms with Crippen LogP contribution in [0.25, 0.3) is 17.4 Å². The molecule has 1 fully saturated rings. The third-order valence-corrected chi connectivity index (χ3v) is 5.70. The number of nitrogens with zero attached hydrogens (tertiary/aromatic N) is 1. The van der Waals surface area contributed by atoms with Gasteiger partial charge in [0, 0.05) is 21.8 Å². The molecular formula is C22H15BrN2O4S. The molecule has 2 heterocycles. The zero-order valence-electron chi connectivity index (χ0n) is 15.5. The monoisotopic (exact) mass is 482 g/mol. The van der Waals surface area contributed by atoms with Crippen molar-refractivity contribution in [2.75, 3.05) is 11.9 Å². The van der Waals surface area contributed by atoms with Gasteiger partial charge in [0.25, 0.3) is 11.1 Å². The lowest BCUT2D eigenvalue weighted by Gasteiger charge is -2.12. The van der Waals surface area contributed by atoms with Gasteiger partial charge in [0.1, 0.15) is 18.1 Å². The number of benzene rings is 2. The van der Waals surface area contributed by atoms with Gasteiger partial charge in [0.05, 0.1) is 4.91 Å². The lowest BCUT2D eigenvalue weighted by molar-refractivity contribution is -0.127. The Hall–Kier alpha value is -3.10. The number of amides is 3. The molecule has 0 bridgehead atoms. The maximum absolute atomic E-state index is 12.6. The maximum atomic E-state index is 12.6. The molecule has 0 saturated carbocycles. The van der Waals surface area contributed by atoms with E-state index < -0.39 is 17.1 Å². The Morgan fingerprint density at radius 2 is 1.77 bits per heavy atom. The summed E-state index contributed by atoms with van der Waals surface area (Å²) in [4.78, 5) is 38.3. The molecule has 0 spiro atoms. The van der Waals surface area contributed by atoms with Crippen LogP contribution < -0.4 is 5.32 Å². The Morgan fingerprint density at radius 3 is 2.50 bits per heavy atom. The van der Waals surface area contributed by atoms with Crippen LogP contribution in [0.5, 0.6) is 0 Å². The summed E-state index contributed by atoms with van der Waals surface area (Å²) < 4.78 is 6.64. The minimum absolute atomic E-state index is 0.213. The lowest BCUT2D eigenvalue weighted by Crippen LogP contribution is -2.36. The highest BCUT2D eigenvalue weighted by molar-refractivity contribution is 9.10. The number of imide groups is 1. The molecular weight excluding hydrogens is 468 g/mol. The van der Waals surface area contributed by atoms with Crippen LogP contribution in [-0.4, -0.2) is 28.5 Å². The molecule has 0 atom stereocenters. The minimum atomic E-state index is -0.520. The van der Waals surface area contributed by atoms with E-state index in [0.717, 1.165) is 26.7 Å². The average Bonchev–Trinajstić information content (AvgIpc) is 3.31. The molecule has 4 rings (SSSR count). The number of thioether (sulfide) groups is 1. The summed E-state index contributed by atoms with van der Waals surface area (Å²) in [5.41, 5.74) is 1.49.